The zero-order valence-electron chi connectivity index (χ0n) is 14.9. The maximum atomic E-state index is 12.5. The molecule has 7 nitrogen and oxygen atoms in total. The fraction of sp³-hybridized carbons (Fsp3) is 0.0476. The summed E-state index contributed by atoms with van der Waals surface area (Å²) in [5.41, 5.74) is 1.75. The van der Waals surface area contributed by atoms with Gasteiger partial charge in [-0.3, -0.25) is 19.4 Å². The number of hydrogen-bond donors (Lipinski definition) is 1. The van der Waals surface area contributed by atoms with Crippen molar-refractivity contribution in [2.75, 3.05) is 17.3 Å². The van der Waals surface area contributed by atoms with Crippen LogP contribution in [0.3, 0.4) is 0 Å². The van der Waals surface area contributed by atoms with Crippen molar-refractivity contribution >= 4 is 29.1 Å². The van der Waals surface area contributed by atoms with Crippen LogP contribution in [0.1, 0.15) is 31.2 Å². The van der Waals surface area contributed by atoms with Crippen LogP contribution in [0.2, 0.25) is 0 Å². The van der Waals surface area contributed by atoms with Crippen LogP contribution in [-0.2, 0) is 0 Å². The van der Waals surface area contributed by atoms with E-state index in [-0.39, 0.29) is 17.2 Å². The average molecular weight is 373 g/mol. The Balaban J connectivity index is 1.55. The number of pyridine rings is 1. The van der Waals surface area contributed by atoms with Crippen molar-refractivity contribution in [3.8, 4) is 5.75 Å². The molecule has 2 heterocycles. The van der Waals surface area contributed by atoms with Crippen LogP contribution in [0.25, 0.3) is 0 Å². The first-order valence-electron chi connectivity index (χ1n) is 8.48. The predicted octanol–water partition coefficient (Wildman–Crippen LogP) is 3.14. The highest BCUT2D eigenvalue weighted by Crippen LogP contribution is 2.28. The summed E-state index contributed by atoms with van der Waals surface area (Å²) < 4.78 is 5.20. The summed E-state index contributed by atoms with van der Waals surface area (Å²) in [4.78, 5) is 42.5. The molecule has 1 aliphatic rings. The highest BCUT2D eigenvalue weighted by molar-refractivity contribution is 6.33. The second-order valence-electron chi connectivity index (χ2n) is 6.05. The van der Waals surface area contributed by atoms with Gasteiger partial charge in [-0.1, -0.05) is 12.1 Å². The molecule has 0 bridgehead atoms. The van der Waals surface area contributed by atoms with E-state index >= 15 is 0 Å². The smallest absolute Gasteiger partial charge is 0.284 e. The van der Waals surface area contributed by atoms with E-state index in [2.05, 4.69) is 10.3 Å². The lowest BCUT2D eigenvalue weighted by molar-refractivity contribution is 0.0923. The van der Waals surface area contributed by atoms with Gasteiger partial charge in [-0.15, -0.1) is 0 Å². The number of amides is 3. The zero-order valence-corrected chi connectivity index (χ0v) is 14.9. The number of hydrogen-bond acceptors (Lipinski definition) is 5. The normalized spacial score (nSPS) is 12.7. The summed E-state index contributed by atoms with van der Waals surface area (Å²) in [5, 5.41) is 2.77. The zero-order chi connectivity index (χ0) is 19.7. The van der Waals surface area contributed by atoms with E-state index in [0.717, 1.165) is 4.90 Å². The van der Waals surface area contributed by atoms with E-state index in [4.69, 9.17) is 4.74 Å². The second kappa shape index (κ2) is 6.96. The third-order valence-electron chi connectivity index (χ3n) is 4.38. The van der Waals surface area contributed by atoms with Crippen molar-refractivity contribution in [1.82, 2.24) is 4.98 Å². The quantitative estimate of drug-likeness (QED) is 0.710. The predicted molar refractivity (Wildman–Crippen MR) is 103 cm³/mol. The number of para-hydroxylation sites is 1. The highest BCUT2D eigenvalue weighted by atomic mass is 16.5. The van der Waals surface area contributed by atoms with Crippen molar-refractivity contribution in [3.63, 3.8) is 0 Å². The Hall–Kier alpha value is -4.00. The molecule has 4 rings (SSSR count). The number of anilines is 2. The number of benzene rings is 2. The lowest BCUT2D eigenvalue weighted by atomic mass is 10.2. The van der Waals surface area contributed by atoms with E-state index < -0.39 is 11.8 Å². The molecular weight excluding hydrogens is 358 g/mol. The van der Waals surface area contributed by atoms with Gasteiger partial charge in [-0.25, -0.2) is 4.90 Å². The Labute approximate surface area is 160 Å². The van der Waals surface area contributed by atoms with E-state index in [1.807, 2.05) is 0 Å². The first kappa shape index (κ1) is 17.4. The number of imide groups is 1. The van der Waals surface area contributed by atoms with Crippen molar-refractivity contribution in [2.45, 2.75) is 0 Å². The fourth-order valence-corrected chi connectivity index (χ4v) is 3.03. The average Bonchev–Trinajstić information content (AvgIpc) is 2.99. The van der Waals surface area contributed by atoms with E-state index in [1.54, 1.807) is 60.7 Å². The molecule has 138 valence electrons. The van der Waals surface area contributed by atoms with Crippen molar-refractivity contribution < 1.29 is 19.1 Å². The topological polar surface area (TPSA) is 88.6 Å². The standard InChI is InChI=1S/C21H15N3O4/c1-28-17-7-3-2-5-15(17)19(25)23-13-8-10-14(11-9-13)24-20(26)16-6-4-12-22-18(16)21(24)27/h2-12H,1H3,(H,23,25). The molecule has 7 heteroatoms. The van der Waals surface area contributed by atoms with Gasteiger partial charge in [0.1, 0.15) is 11.4 Å². The van der Waals surface area contributed by atoms with Crippen LogP contribution >= 0.6 is 0 Å². The Morgan fingerprint density at radius 3 is 2.43 bits per heavy atom. The van der Waals surface area contributed by atoms with Crippen LogP contribution in [-0.4, -0.2) is 29.8 Å². The van der Waals surface area contributed by atoms with Gasteiger partial charge in [0, 0.05) is 11.9 Å². The Bertz CT molecular complexity index is 1060. The van der Waals surface area contributed by atoms with Crippen molar-refractivity contribution in [3.05, 3.63) is 83.7 Å². The number of nitrogens with one attached hydrogen (secondary N) is 1. The maximum absolute atomic E-state index is 12.5. The number of ether oxygens (including phenoxy) is 1. The fourth-order valence-electron chi connectivity index (χ4n) is 3.03. The summed E-state index contributed by atoms with van der Waals surface area (Å²) in [5.74, 6) is -0.740. The minimum Gasteiger partial charge on any atom is -0.496 e. The number of carbonyl (C=O) groups excluding carboxylic acids is 3. The summed E-state index contributed by atoms with van der Waals surface area (Å²) in [7, 11) is 1.50. The second-order valence-corrected chi connectivity index (χ2v) is 6.05. The minimum atomic E-state index is -0.466. The molecule has 0 saturated carbocycles. The van der Waals surface area contributed by atoms with Gasteiger partial charge < -0.3 is 10.1 Å². The van der Waals surface area contributed by atoms with Crippen molar-refractivity contribution in [2.24, 2.45) is 0 Å². The van der Waals surface area contributed by atoms with Crippen LogP contribution < -0.4 is 15.0 Å². The molecule has 1 aliphatic heterocycles. The number of rotatable bonds is 4. The summed E-state index contributed by atoms with van der Waals surface area (Å²) in [6, 6.07) is 16.5. The number of carbonyl (C=O) groups is 3. The maximum Gasteiger partial charge on any atom is 0.284 e. The molecule has 3 amide bonds. The molecule has 0 aliphatic carbocycles. The lowest BCUT2D eigenvalue weighted by Gasteiger charge is -2.14. The molecule has 0 fully saturated rings. The van der Waals surface area contributed by atoms with Gasteiger partial charge in [-0.05, 0) is 48.5 Å². The van der Waals surface area contributed by atoms with Gasteiger partial charge in [-0.2, -0.15) is 0 Å². The largest absolute Gasteiger partial charge is 0.496 e. The highest BCUT2D eigenvalue weighted by Gasteiger charge is 2.37. The third kappa shape index (κ3) is 2.88. The van der Waals surface area contributed by atoms with E-state index in [9.17, 15) is 14.4 Å². The van der Waals surface area contributed by atoms with E-state index in [1.165, 1.54) is 13.3 Å². The monoisotopic (exact) mass is 373 g/mol. The SMILES string of the molecule is COc1ccccc1C(=O)Nc1ccc(N2C(=O)c3cccnc3C2=O)cc1. The van der Waals surface area contributed by atoms with E-state index in [0.29, 0.717) is 22.7 Å². The molecule has 28 heavy (non-hydrogen) atoms. The van der Waals surface area contributed by atoms with Gasteiger partial charge in [0.05, 0.1) is 23.9 Å². The molecule has 0 spiro atoms. The number of nitrogens with zero attached hydrogens (tertiary/aromatic N) is 2. The molecule has 0 saturated heterocycles. The molecule has 1 aromatic heterocycles. The summed E-state index contributed by atoms with van der Waals surface area (Å²) in [6.45, 7) is 0. The van der Waals surface area contributed by atoms with Crippen molar-refractivity contribution in [1.29, 1.82) is 0 Å². The lowest BCUT2D eigenvalue weighted by Crippen LogP contribution is -2.29. The third-order valence-corrected chi connectivity index (χ3v) is 4.38. The summed E-state index contributed by atoms with van der Waals surface area (Å²) >= 11 is 0. The Kier molecular flexibility index (Phi) is 4.33. The summed E-state index contributed by atoms with van der Waals surface area (Å²) in [6.07, 6.45) is 1.48. The number of methoxy groups -OCH3 is 1. The Morgan fingerprint density at radius 2 is 1.71 bits per heavy atom. The molecule has 1 N–H and O–H groups in total. The molecule has 0 radical (unpaired) electrons. The molecule has 0 atom stereocenters. The van der Waals surface area contributed by atoms with Crippen LogP contribution in [0.4, 0.5) is 11.4 Å². The van der Waals surface area contributed by atoms with Gasteiger partial charge in [0.2, 0.25) is 0 Å². The first-order valence-corrected chi connectivity index (χ1v) is 8.48. The molecule has 0 unspecified atom stereocenters. The molecular formula is C21H15N3O4. The Morgan fingerprint density at radius 1 is 0.964 bits per heavy atom. The van der Waals surface area contributed by atoms with Gasteiger partial charge >= 0.3 is 0 Å². The first-order chi connectivity index (χ1) is 13.6. The molecule has 2 aromatic carbocycles. The minimum absolute atomic E-state index is 0.140. The van der Waals surface area contributed by atoms with Crippen LogP contribution in [0, 0.1) is 0 Å². The number of aromatic nitrogens is 1. The number of fused-ring (bicyclic) bond motifs is 1. The van der Waals surface area contributed by atoms with Crippen LogP contribution in [0.15, 0.2) is 66.9 Å². The molecule has 3 aromatic rings. The van der Waals surface area contributed by atoms with Crippen LogP contribution in [0.5, 0.6) is 5.75 Å². The van der Waals surface area contributed by atoms with Gasteiger partial charge in [0.15, 0.2) is 0 Å². The van der Waals surface area contributed by atoms with Gasteiger partial charge in [0.25, 0.3) is 17.7 Å².